The van der Waals surface area contributed by atoms with E-state index in [1.165, 1.54) is 5.56 Å². The smallest absolute Gasteiger partial charge is 0.223 e. The van der Waals surface area contributed by atoms with Crippen LogP contribution in [-0.2, 0) is 11.2 Å². The zero-order chi connectivity index (χ0) is 13.5. The molecule has 19 heavy (non-hydrogen) atoms. The number of para-hydroxylation sites is 1. The van der Waals surface area contributed by atoms with E-state index in [2.05, 4.69) is 24.3 Å². The summed E-state index contributed by atoms with van der Waals surface area (Å²) in [4.78, 5) is 13.5. The number of rotatable bonds is 5. The summed E-state index contributed by atoms with van der Waals surface area (Å²) < 4.78 is 0. The monoisotopic (exact) mass is 253 g/mol. The fourth-order valence-electron chi connectivity index (χ4n) is 2.16. The minimum absolute atomic E-state index is 0.0965. The van der Waals surface area contributed by atoms with Crippen LogP contribution in [-0.4, -0.2) is 12.5 Å². The number of benzene rings is 2. The lowest BCUT2D eigenvalue weighted by Crippen LogP contribution is -2.29. The molecule has 0 saturated heterocycles. The number of hydrogen-bond donors (Lipinski definition) is 0. The average molecular weight is 253 g/mol. The Morgan fingerprint density at radius 3 is 2.11 bits per heavy atom. The molecule has 1 amide bonds. The van der Waals surface area contributed by atoms with Gasteiger partial charge >= 0.3 is 0 Å². The molecule has 2 aromatic carbocycles. The Labute approximate surface area is 114 Å². The van der Waals surface area contributed by atoms with Crippen molar-refractivity contribution in [1.82, 2.24) is 0 Å². The molecule has 0 radical (unpaired) electrons. The van der Waals surface area contributed by atoms with Crippen LogP contribution in [0.15, 0.2) is 60.7 Å². The Morgan fingerprint density at radius 1 is 0.947 bits per heavy atom. The van der Waals surface area contributed by atoms with Crippen molar-refractivity contribution in [2.75, 3.05) is 11.4 Å². The summed E-state index contributed by atoms with van der Waals surface area (Å²) in [6.45, 7) is 2.38. The van der Waals surface area contributed by atoms with E-state index >= 15 is 0 Å². The summed E-state index contributed by atoms with van der Waals surface area (Å²) in [7, 11) is 0. The fourth-order valence-corrected chi connectivity index (χ4v) is 2.16. The van der Waals surface area contributed by atoms with Crippen LogP contribution in [0.5, 0.6) is 0 Å². The van der Waals surface area contributed by atoms with E-state index in [1.54, 1.807) is 6.92 Å². The molecule has 0 N–H and O–H groups in total. The van der Waals surface area contributed by atoms with Gasteiger partial charge in [-0.05, 0) is 30.5 Å². The highest BCUT2D eigenvalue weighted by Crippen LogP contribution is 2.14. The van der Waals surface area contributed by atoms with Crippen LogP contribution in [0.25, 0.3) is 0 Å². The van der Waals surface area contributed by atoms with Gasteiger partial charge in [-0.3, -0.25) is 4.79 Å². The molecule has 0 aliphatic rings. The van der Waals surface area contributed by atoms with Crippen LogP contribution in [0.2, 0.25) is 0 Å². The fraction of sp³-hybridized carbons (Fsp3) is 0.235. The Bertz CT molecular complexity index is 507. The van der Waals surface area contributed by atoms with Crippen molar-refractivity contribution in [3.63, 3.8) is 0 Å². The second-order valence-corrected chi connectivity index (χ2v) is 4.60. The van der Waals surface area contributed by atoms with Crippen LogP contribution in [0.4, 0.5) is 5.69 Å². The first-order chi connectivity index (χ1) is 9.27. The molecule has 2 nitrogen and oxygen atoms in total. The van der Waals surface area contributed by atoms with Gasteiger partial charge in [0.1, 0.15) is 0 Å². The first kappa shape index (κ1) is 13.3. The summed E-state index contributed by atoms with van der Waals surface area (Å²) in [6, 6.07) is 20.2. The average Bonchev–Trinajstić information content (AvgIpc) is 2.45. The zero-order valence-electron chi connectivity index (χ0n) is 11.3. The molecule has 98 valence electrons. The molecule has 0 spiro atoms. The number of anilines is 1. The summed E-state index contributed by atoms with van der Waals surface area (Å²) in [5.74, 6) is 0.0965. The van der Waals surface area contributed by atoms with E-state index in [4.69, 9.17) is 0 Å². The third-order valence-corrected chi connectivity index (χ3v) is 3.14. The molecule has 0 atom stereocenters. The van der Waals surface area contributed by atoms with Crippen LogP contribution in [0.1, 0.15) is 18.9 Å². The molecule has 0 aliphatic heterocycles. The van der Waals surface area contributed by atoms with Gasteiger partial charge in [-0.1, -0.05) is 48.5 Å². The number of nitrogens with zero attached hydrogens (tertiary/aromatic N) is 1. The standard InChI is InChI=1S/C17H19NO/c1-15(19)18(17-12-6-3-7-13-17)14-8-11-16-9-4-2-5-10-16/h2-7,9-10,12-13H,8,11,14H2,1H3. The molecule has 0 fully saturated rings. The van der Waals surface area contributed by atoms with Gasteiger partial charge in [-0.2, -0.15) is 0 Å². The molecule has 0 aliphatic carbocycles. The van der Waals surface area contributed by atoms with Crippen LogP contribution in [0.3, 0.4) is 0 Å². The van der Waals surface area contributed by atoms with Gasteiger partial charge in [-0.15, -0.1) is 0 Å². The quantitative estimate of drug-likeness (QED) is 0.796. The van der Waals surface area contributed by atoms with Crippen molar-refractivity contribution in [3.8, 4) is 0 Å². The van der Waals surface area contributed by atoms with Crippen LogP contribution in [0, 0.1) is 0 Å². The first-order valence-corrected chi connectivity index (χ1v) is 6.64. The SMILES string of the molecule is CC(=O)N(CCCc1ccccc1)c1ccccc1. The first-order valence-electron chi connectivity index (χ1n) is 6.64. The maximum atomic E-state index is 11.7. The molecule has 0 unspecified atom stereocenters. The third kappa shape index (κ3) is 3.95. The number of carbonyl (C=O) groups is 1. The topological polar surface area (TPSA) is 20.3 Å². The second-order valence-electron chi connectivity index (χ2n) is 4.60. The van der Waals surface area contributed by atoms with Crippen molar-refractivity contribution in [3.05, 3.63) is 66.2 Å². The van der Waals surface area contributed by atoms with E-state index in [-0.39, 0.29) is 5.91 Å². The normalized spacial score (nSPS) is 10.2. The predicted molar refractivity (Wildman–Crippen MR) is 79.2 cm³/mol. The van der Waals surface area contributed by atoms with Crippen molar-refractivity contribution in [2.45, 2.75) is 19.8 Å². The van der Waals surface area contributed by atoms with E-state index < -0.39 is 0 Å². The number of carbonyl (C=O) groups excluding carboxylic acids is 1. The third-order valence-electron chi connectivity index (χ3n) is 3.14. The molecule has 2 aromatic rings. The molecular formula is C17H19NO. The molecule has 2 rings (SSSR count). The second kappa shape index (κ2) is 6.74. The van der Waals surface area contributed by atoms with Crippen molar-refractivity contribution < 1.29 is 4.79 Å². The molecule has 0 aromatic heterocycles. The lowest BCUT2D eigenvalue weighted by molar-refractivity contribution is -0.116. The van der Waals surface area contributed by atoms with Crippen LogP contribution >= 0.6 is 0 Å². The highest BCUT2D eigenvalue weighted by atomic mass is 16.2. The summed E-state index contributed by atoms with van der Waals surface area (Å²) in [6.07, 6.45) is 1.97. The van der Waals surface area contributed by atoms with Gasteiger partial charge in [0.2, 0.25) is 5.91 Å². The predicted octanol–water partition coefficient (Wildman–Crippen LogP) is 3.67. The molecule has 0 bridgehead atoms. The van der Waals surface area contributed by atoms with Gasteiger partial charge < -0.3 is 4.90 Å². The van der Waals surface area contributed by atoms with E-state index in [9.17, 15) is 4.79 Å². The largest absolute Gasteiger partial charge is 0.313 e. The van der Waals surface area contributed by atoms with Gasteiger partial charge in [0.25, 0.3) is 0 Å². The minimum atomic E-state index is 0.0965. The van der Waals surface area contributed by atoms with E-state index in [1.807, 2.05) is 41.3 Å². The lowest BCUT2D eigenvalue weighted by atomic mass is 10.1. The highest BCUT2D eigenvalue weighted by molar-refractivity contribution is 5.91. The van der Waals surface area contributed by atoms with Crippen molar-refractivity contribution in [1.29, 1.82) is 0 Å². The summed E-state index contributed by atoms with van der Waals surface area (Å²) >= 11 is 0. The Kier molecular flexibility index (Phi) is 4.73. The Morgan fingerprint density at radius 2 is 1.53 bits per heavy atom. The Hall–Kier alpha value is -2.09. The lowest BCUT2D eigenvalue weighted by Gasteiger charge is -2.21. The maximum Gasteiger partial charge on any atom is 0.223 e. The van der Waals surface area contributed by atoms with E-state index in [0.717, 1.165) is 25.1 Å². The van der Waals surface area contributed by atoms with Gasteiger partial charge in [-0.25, -0.2) is 0 Å². The van der Waals surface area contributed by atoms with Gasteiger partial charge in [0.15, 0.2) is 0 Å². The maximum absolute atomic E-state index is 11.7. The Balaban J connectivity index is 1.94. The summed E-state index contributed by atoms with van der Waals surface area (Å²) in [5.41, 5.74) is 2.29. The van der Waals surface area contributed by atoms with Crippen LogP contribution < -0.4 is 4.90 Å². The minimum Gasteiger partial charge on any atom is -0.313 e. The number of hydrogen-bond acceptors (Lipinski definition) is 1. The highest BCUT2D eigenvalue weighted by Gasteiger charge is 2.10. The molecule has 2 heteroatoms. The summed E-state index contributed by atoms with van der Waals surface area (Å²) in [5, 5.41) is 0. The van der Waals surface area contributed by atoms with Crippen molar-refractivity contribution in [2.24, 2.45) is 0 Å². The van der Waals surface area contributed by atoms with E-state index in [0.29, 0.717) is 0 Å². The molecule has 0 saturated carbocycles. The molecular weight excluding hydrogens is 234 g/mol. The van der Waals surface area contributed by atoms with Gasteiger partial charge in [0.05, 0.1) is 0 Å². The number of amides is 1. The number of aryl methyl sites for hydroxylation is 1. The van der Waals surface area contributed by atoms with Gasteiger partial charge in [0, 0.05) is 19.2 Å². The zero-order valence-corrected chi connectivity index (χ0v) is 11.3. The van der Waals surface area contributed by atoms with Crippen molar-refractivity contribution >= 4 is 11.6 Å². The molecule has 0 heterocycles.